The lowest BCUT2D eigenvalue weighted by Crippen LogP contribution is -2.37. The van der Waals surface area contributed by atoms with Crippen molar-refractivity contribution in [3.05, 3.63) is 75.9 Å². The summed E-state index contributed by atoms with van der Waals surface area (Å²) in [6, 6.07) is 10.3. The van der Waals surface area contributed by atoms with Crippen molar-refractivity contribution in [2.45, 2.75) is 18.9 Å². The van der Waals surface area contributed by atoms with Gasteiger partial charge in [-0.05, 0) is 67.9 Å². The molecule has 1 aromatic carbocycles. The third-order valence-electron chi connectivity index (χ3n) is 5.53. The average molecular weight is 471 g/mol. The van der Waals surface area contributed by atoms with E-state index in [2.05, 4.69) is 20.8 Å². The monoisotopic (exact) mass is 470 g/mol. The second-order valence-electron chi connectivity index (χ2n) is 7.48. The molecule has 1 fully saturated rings. The van der Waals surface area contributed by atoms with Gasteiger partial charge in [0.05, 0.1) is 17.9 Å². The van der Waals surface area contributed by atoms with Crippen LogP contribution in [0, 0.1) is 0 Å². The first-order valence-corrected chi connectivity index (χ1v) is 10.8. The van der Waals surface area contributed by atoms with E-state index in [4.69, 9.17) is 4.42 Å². The summed E-state index contributed by atoms with van der Waals surface area (Å²) in [5.74, 6) is -0.868. The topological polar surface area (TPSA) is 74.0 Å². The van der Waals surface area contributed by atoms with Crippen LogP contribution in [0.2, 0.25) is 0 Å². The predicted molar refractivity (Wildman–Crippen MR) is 117 cm³/mol. The zero-order valence-electron chi connectivity index (χ0n) is 16.5. The molecule has 2 aliphatic heterocycles. The number of benzene rings is 1. The molecule has 30 heavy (non-hydrogen) atoms. The fraction of sp³-hybridized carbons (Fsp3) is 0.304. The van der Waals surface area contributed by atoms with Gasteiger partial charge in [-0.3, -0.25) is 9.59 Å². The van der Waals surface area contributed by atoms with Crippen molar-refractivity contribution in [3.63, 3.8) is 0 Å². The number of rotatable bonds is 7. The molecule has 1 aromatic heterocycles. The summed E-state index contributed by atoms with van der Waals surface area (Å²) >= 11 is 3.46. The quantitative estimate of drug-likeness (QED) is 0.616. The van der Waals surface area contributed by atoms with Gasteiger partial charge in [0.25, 0.3) is 5.91 Å². The van der Waals surface area contributed by atoms with Crippen LogP contribution in [-0.4, -0.2) is 52.8 Å². The zero-order chi connectivity index (χ0) is 21.1. The van der Waals surface area contributed by atoms with Crippen molar-refractivity contribution in [3.8, 4) is 0 Å². The number of furan rings is 1. The maximum Gasteiger partial charge on any atom is 0.290 e. The lowest BCUT2D eigenvalue weighted by Gasteiger charge is -2.28. The standard InChI is InChI=1S/C23H23BrN2O4/c24-17-6-3-5-16(15-17)21-20(19(27)9-8-18-7-4-14-30-18)22(28)23(29)26(21)13-12-25-10-1-2-11-25/h3-9,14-15,21,28H,1-2,10-13H2/b9-8+. The molecule has 7 heteroatoms. The molecule has 1 saturated heterocycles. The Morgan fingerprint density at radius 2 is 2.00 bits per heavy atom. The molecule has 0 radical (unpaired) electrons. The minimum Gasteiger partial charge on any atom is -0.503 e. The summed E-state index contributed by atoms with van der Waals surface area (Å²) in [7, 11) is 0. The number of hydrogen-bond donors (Lipinski definition) is 1. The number of aliphatic hydroxyl groups excluding tert-OH is 1. The first kappa shape index (κ1) is 20.6. The van der Waals surface area contributed by atoms with E-state index in [0.29, 0.717) is 18.8 Å². The van der Waals surface area contributed by atoms with E-state index in [1.807, 2.05) is 24.3 Å². The fourth-order valence-corrected chi connectivity index (χ4v) is 4.47. The molecule has 1 N–H and O–H groups in total. The Morgan fingerprint density at radius 3 is 2.70 bits per heavy atom. The summed E-state index contributed by atoms with van der Waals surface area (Å²) in [5.41, 5.74) is 0.875. The van der Waals surface area contributed by atoms with Gasteiger partial charge in [0.1, 0.15) is 5.76 Å². The molecular formula is C23H23BrN2O4. The fourth-order valence-electron chi connectivity index (χ4n) is 4.05. The van der Waals surface area contributed by atoms with Crippen LogP contribution in [-0.2, 0) is 9.59 Å². The molecule has 0 bridgehead atoms. The van der Waals surface area contributed by atoms with Crippen molar-refractivity contribution in [1.82, 2.24) is 9.80 Å². The van der Waals surface area contributed by atoms with Crippen LogP contribution < -0.4 is 0 Å². The second-order valence-corrected chi connectivity index (χ2v) is 8.40. The minimum atomic E-state index is -0.633. The van der Waals surface area contributed by atoms with E-state index >= 15 is 0 Å². The lowest BCUT2D eigenvalue weighted by molar-refractivity contribution is -0.129. The number of aliphatic hydroxyl groups is 1. The Morgan fingerprint density at radius 1 is 1.20 bits per heavy atom. The van der Waals surface area contributed by atoms with E-state index in [1.54, 1.807) is 17.0 Å². The molecule has 2 aromatic rings. The number of carbonyl (C=O) groups excluding carboxylic acids is 2. The van der Waals surface area contributed by atoms with E-state index in [0.717, 1.165) is 36.0 Å². The van der Waals surface area contributed by atoms with Crippen LogP contribution in [0.5, 0.6) is 0 Å². The van der Waals surface area contributed by atoms with Crippen LogP contribution in [0.3, 0.4) is 0 Å². The Kier molecular flexibility index (Phi) is 6.20. The number of amides is 1. The molecule has 1 unspecified atom stereocenters. The highest BCUT2D eigenvalue weighted by molar-refractivity contribution is 9.10. The number of allylic oxidation sites excluding steroid dienone is 1. The highest BCUT2D eigenvalue weighted by atomic mass is 79.9. The van der Waals surface area contributed by atoms with E-state index in [9.17, 15) is 14.7 Å². The molecular weight excluding hydrogens is 448 g/mol. The molecule has 156 valence electrons. The van der Waals surface area contributed by atoms with E-state index in [1.165, 1.54) is 18.4 Å². The van der Waals surface area contributed by atoms with Gasteiger partial charge in [-0.2, -0.15) is 0 Å². The van der Waals surface area contributed by atoms with Crippen LogP contribution in [0.15, 0.2) is 69.0 Å². The van der Waals surface area contributed by atoms with Gasteiger partial charge in [0.15, 0.2) is 11.5 Å². The number of hydrogen-bond acceptors (Lipinski definition) is 5. The Labute approximate surface area is 183 Å². The third-order valence-corrected chi connectivity index (χ3v) is 6.02. The molecule has 1 atom stereocenters. The molecule has 0 aliphatic carbocycles. The summed E-state index contributed by atoms with van der Waals surface area (Å²) in [6.45, 7) is 3.19. The van der Waals surface area contributed by atoms with Crippen LogP contribution >= 0.6 is 15.9 Å². The van der Waals surface area contributed by atoms with E-state index in [-0.39, 0.29) is 5.57 Å². The van der Waals surface area contributed by atoms with E-state index < -0.39 is 23.5 Å². The number of halogens is 1. The molecule has 6 nitrogen and oxygen atoms in total. The number of ketones is 1. The van der Waals surface area contributed by atoms with Gasteiger partial charge in [-0.1, -0.05) is 28.1 Å². The zero-order valence-corrected chi connectivity index (χ0v) is 18.0. The molecule has 3 heterocycles. The van der Waals surface area contributed by atoms with Crippen molar-refractivity contribution >= 4 is 33.7 Å². The molecule has 0 spiro atoms. The van der Waals surface area contributed by atoms with Gasteiger partial charge in [-0.15, -0.1) is 0 Å². The minimum absolute atomic E-state index is 0.0994. The summed E-state index contributed by atoms with van der Waals surface area (Å²) < 4.78 is 6.08. The normalized spacial score (nSPS) is 20.1. The van der Waals surface area contributed by atoms with Crippen molar-refractivity contribution in [2.75, 3.05) is 26.2 Å². The number of carbonyl (C=O) groups is 2. The average Bonchev–Trinajstić information content (AvgIpc) is 3.48. The third kappa shape index (κ3) is 4.27. The summed E-state index contributed by atoms with van der Waals surface area (Å²) in [5, 5.41) is 10.6. The van der Waals surface area contributed by atoms with Gasteiger partial charge in [0, 0.05) is 17.6 Å². The molecule has 0 saturated carbocycles. The van der Waals surface area contributed by atoms with Gasteiger partial charge in [-0.25, -0.2) is 0 Å². The highest BCUT2D eigenvalue weighted by Crippen LogP contribution is 2.38. The SMILES string of the molecule is O=C(/C=C/c1ccco1)C1=C(O)C(=O)N(CCN2CCCC2)C1c1cccc(Br)c1. The molecule has 4 rings (SSSR count). The second kappa shape index (κ2) is 9.02. The molecule has 2 aliphatic rings. The molecule has 1 amide bonds. The van der Waals surface area contributed by atoms with Crippen molar-refractivity contribution in [1.29, 1.82) is 0 Å². The maximum atomic E-state index is 13.0. The van der Waals surface area contributed by atoms with Gasteiger partial charge in [0.2, 0.25) is 0 Å². The van der Waals surface area contributed by atoms with Crippen LogP contribution in [0.25, 0.3) is 6.08 Å². The Balaban J connectivity index is 1.64. The largest absolute Gasteiger partial charge is 0.503 e. The smallest absolute Gasteiger partial charge is 0.290 e. The van der Waals surface area contributed by atoms with Crippen molar-refractivity contribution < 1.29 is 19.1 Å². The first-order chi connectivity index (χ1) is 14.5. The van der Waals surface area contributed by atoms with Crippen LogP contribution in [0.1, 0.15) is 30.2 Å². The first-order valence-electron chi connectivity index (χ1n) is 10.0. The summed E-state index contributed by atoms with van der Waals surface area (Å²) in [6.07, 6.45) is 6.72. The van der Waals surface area contributed by atoms with Crippen molar-refractivity contribution in [2.24, 2.45) is 0 Å². The summed E-state index contributed by atoms with van der Waals surface area (Å²) in [4.78, 5) is 29.8. The lowest BCUT2D eigenvalue weighted by atomic mass is 9.96. The van der Waals surface area contributed by atoms with Gasteiger partial charge < -0.3 is 19.3 Å². The maximum absolute atomic E-state index is 13.0. The number of likely N-dealkylation sites (tertiary alicyclic amines) is 1. The van der Waals surface area contributed by atoms with Gasteiger partial charge >= 0.3 is 0 Å². The van der Waals surface area contributed by atoms with Crippen LogP contribution in [0.4, 0.5) is 0 Å². The Bertz CT molecular complexity index is 990. The predicted octanol–water partition coefficient (Wildman–Crippen LogP) is 4.12. The number of nitrogens with zero attached hydrogens (tertiary/aromatic N) is 2. The Hall–Kier alpha value is -2.64. The highest BCUT2D eigenvalue weighted by Gasteiger charge is 2.42.